The molecule has 4 heteroatoms. The standard InChI is InChI=1S/C15H23NO3/c1-5-7-8-9-16-11(3)10-13(17)14(12(16)4)15(18)19-6-2/h10H,5-9H2,1-4H3/p+1. The van der Waals surface area contributed by atoms with Gasteiger partial charge in [0.25, 0.3) is 0 Å². The monoisotopic (exact) mass is 266 g/mol. The molecule has 1 unspecified atom stereocenters. The average Bonchev–Trinajstić information content (AvgIpc) is 2.33. The first-order chi connectivity index (χ1) is 9.02. The van der Waals surface area contributed by atoms with Crippen LogP contribution in [0.3, 0.4) is 0 Å². The minimum atomic E-state index is -0.498. The molecule has 1 aliphatic heterocycles. The molecule has 0 radical (unpaired) electrons. The third-order valence-electron chi connectivity index (χ3n) is 3.41. The predicted molar refractivity (Wildman–Crippen MR) is 73.5 cm³/mol. The van der Waals surface area contributed by atoms with Gasteiger partial charge in [-0.05, 0) is 19.8 Å². The second-order valence-electron chi connectivity index (χ2n) is 4.85. The molecule has 4 nitrogen and oxygen atoms in total. The summed E-state index contributed by atoms with van der Waals surface area (Å²) in [5.74, 6) is -0.727. The van der Waals surface area contributed by atoms with Gasteiger partial charge in [0.1, 0.15) is 11.4 Å². The van der Waals surface area contributed by atoms with Crippen LogP contribution in [0.1, 0.15) is 47.0 Å². The first-order valence-electron chi connectivity index (χ1n) is 7.00. The maximum Gasteiger partial charge on any atom is 0.347 e. The summed E-state index contributed by atoms with van der Waals surface area (Å²) in [6, 6.07) is 0. The van der Waals surface area contributed by atoms with Gasteiger partial charge in [-0.1, -0.05) is 13.3 Å². The minimum Gasteiger partial charge on any atom is -0.462 e. The zero-order valence-electron chi connectivity index (χ0n) is 12.3. The third kappa shape index (κ3) is 3.77. The van der Waals surface area contributed by atoms with Crippen molar-refractivity contribution in [1.29, 1.82) is 0 Å². The van der Waals surface area contributed by atoms with Gasteiger partial charge in [-0.15, -0.1) is 0 Å². The number of nitrogens with one attached hydrogen (secondary N) is 1. The van der Waals surface area contributed by atoms with Gasteiger partial charge in [0.15, 0.2) is 5.57 Å². The largest absolute Gasteiger partial charge is 0.462 e. The molecule has 106 valence electrons. The molecule has 0 spiro atoms. The number of hydrogen-bond acceptors (Lipinski definition) is 3. The molecule has 0 fully saturated rings. The highest BCUT2D eigenvalue weighted by Gasteiger charge is 2.32. The number of unbranched alkanes of at least 4 members (excludes halogenated alkanes) is 2. The first-order valence-corrected chi connectivity index (χ1v) is 7.00. The van der Waals surface area contributed by atoms with Crippen molar-refractivity contribution in [2.75, 3.05) is 13.2 Å². The van der Waals surface area contributed by atoms with E-state index in [0.29, 0.717) is 0 Å². The molecule has 0 aromatic rings. The van der Waals surface area contributed by atoms with Crippen LogP contribution in [0.2, 0.25) is 0 Å². The Balaban J connectivity index is 2.93. The number of allylic oxidation sites excluding steroid dienone is 3. The van der Waals surface area contributed by atoms with Crippen molar-refractivity contribution in [2.45, 2.75) is 47.0 Å². The summed E-state index contributed by atoms with van der Waals surface area (Å²) in [6.45, 7) is 8.89. The topological polar surface area (TPSA) is 47.8 Å². The average molecular weight is 266 g/mol. The van der Waals surface area contributed by atoms with Gasteiger partial charge in [0.2, 0.25) is 5.78 Å². The van der Waals surface area contributed by atoms with Gasteiger partial charge < -0.3 is 4.74 Å². The fraction of sp³-hybridized carbons (Fsp3) is 0.600. The van der Waals surface area contributed by atoms with Crippen LogP contribution in [0.4, 0.5) is 0 Å². The van der Waals surface area contributed by atoms with Crippen LogP contribution in [0, 0.1) is 0 Å². The van der Waals surface area contributed by atoms with Crippen LogP contribution >= 0.6 is 0 Å². The van der Waals surface area contributed by atoms with Gasteiger partial charge in [-0.25, -0.2) is 4.79 Å². The molecule has 0 bridgehead atoms. The second kappa shape index (κ2) is 7.24. The summed E-state index contributed by atoms with van der Waals surface area (Å²) >= 11 is 0. The molecule has 0 amide bonds. The van der Waals surface area contributed by atoms with Gasteiger partial charge in [-0.3, -0.25) is 9.69 Å². The lowest BCUT2D eigenvalue weighted by Crippen LogP contribution is -3.08. The van der Waals surface area contributed by atoms with E-state index in [1.54, 1.807) is 13.0 Å². The number of hydrogen-bond donors (Lipinski definition) is 1. The zero-order chi connectivity index (χ0) is 14.4. The van der Waals surface area contributed by atoms with Gasteiger partial charge in [-0.2, -0.15) is 0 Å². The Morgan fingerprint density at radius 3 is 2.53 bits per heavy atom. The number of carbonyl (C=O) groups is 2. The molecule has 1 aliphatic rings. The van der Waals surface area contributed by atoms with Crippen LogP contribution in [-0.2, 0) is 14.3 Å². The molecule has 0 aliphatic carbocycles. The molecule has 1 atom stereocenters. The van der Waals surface area contributed by atoms with Crippen LogP contribution in [0.25, 0.3) is 0 Å². The normalized spacial score (nSPS) is 19.5. The summed E-state index contributed by atoms with van der Waals surface area (Å²) in [5, 5.41) is 0. The maximum atomic E-state index is 12.0. The number of rotatable bonds is 6. The summed E-state index contributed by atoms with van der Waals surface area (Å²) < 4.78 is 4.97. The first kappa shape index (κ1) is 15.6. The van der Waals surface area contributed by atoms with E-state index in [2.05, 4.69) is 6.92 Å². The van der Waals surface area contributed by atoms with Crippen molar-refractivity contribution in [3.63, 3.8) is 0 Å². The highest BCUT2D eigenvalue weighted by molar-refractivity contribution is 6.22. The van der Waals surface area contributed by atoms with Crippen molar-refractivity contribution in [3.05, 3.63) is 23.0 Å². The van der Waals surface area contributed by atoms with Crippen molar-refractivity contribution in [2.24, 2.45) is 0 Å². The Kier molecular flexibility index (Phi) is 5.96. The zero-order valence-corrected chi connectivity index (χ0v) is 12.3. The molecule has 19 heavy (non-hydrogen) atoms. The van der Waals surface area contributed by atoms with Crippen LogP contribution in [0.5, 0.6) is 0 Å². The van der Waals surface area contributed by atoms with E-state index in [1.807, 2.05) is 13.8 Å². The fourth-order valence-electron chi connectivity index (χ4n) is 2.38. The molecule has 0 saturated carbocycles. The van der Waals surface area contributed by atoms with Gasteiger partial charge >= 0.3 is 5.97 Å². The number of carbonyl (C=O) groups excluding carboxylic acids is 2. The Bertz CT molecular complexity index is 421. The van der Waals surface area contributed by atoms with Crippen molar-refractivity contribution in [3.8, 4) is 0 Å². The van der Waals surface area contributed by atoms with Crippen LogP contribution < -0.4 is 4.90 Å². The SMILES string of the molecule is CCCCC[NH+]1C(C)=CC(=O)C(C(=O)OCC)=C1C. The summed E-state index contributed by atoms with van der Waals surface area (Å²) in [4.78, 5) is 24.9. The van der Waals surface area contributed by atoms with E-state index >= 15 is 0 Å². The summed E-state index contributed by atoms with van der Waals surface area (Å²) in [7, 11) is 0. The number of ketones is 1. The van der Waals surface area contributed by atoms with Crippen LogP contribution in [-0.4, -0.2) is 24.9 Å². The number of quaternary nitrogens is 1. The van der Waals surface area contributed by atoms with Gasteiger partial charge in [0, 0.05) is 19.9 Å². The predicted octanol–water partition coefficient (Wildman–Crippen LogP) is 1.39. The molecular weight excluding hydrogens is 242 g/mol. The Morgan fingerprint density at radius 2 is 1.95 bits per heavy atom. The molecule has 0 aromatic heterocycles. The second-order valence-corrected chi connectivity index (χ2v) is 4.85. The Hall–Kier alpha value is -1.42. The summed E-state index contributed by atoms with van der Waals surface area (Å²) in [5.41, 5.74) is 1.98. The number of esters is 1. The van der Waals surface area contributed by atoms with E-state index < -0.39 is 5.97 Å². The Labute approximate surface area is 115 Å². The van der Waals surface area contributed by atoms with E-state index in [9.17, 15) is 9.59 Å². The van der Waals surface area contributed by atoms with Crippen molar-refractivity contribution >= 4 is 11.8 Å². The van der Waals surface area contributed by atoms with Crippen molar-refractivity contribution < 1.29 is 19.2 Å². The molecule has 1 N–H and O–H groups in total. The Morgan fingerprint density at radius 1 is 1.26 bits per heavy atom. The lowest BCUT2D eigenvalue weighted by atomic mass is 10.0. The van der Waals surface area contributed by atoms with E-state index in [4.69, 9.17) is 4.74 Å². The van der Waals surface area contributed by atoms with Gasteiger partial charge in [0.05, 0.1) is 13.2 Å². The molecule has 0 aromatic carbocycles. The van der Waals surface area contributed by atoms with Crippen molar-refractivity contribution in [1.82, 2.24) is 0 Å². The van der Waals surface area contributed by atoms with E-state index in [-0.39, 0.29) is 18.0 Å². The highest BCUT2D eigenvalue weighted by Crippen LogP contribution is 2.11. The fourth-order valence-corrected chi connectivity index (χ4v) is 2.38. The quantitative estimate of drug-likeness (QED) is 0.449. The van der Waals surface area contributed by atoms with Crippen LogP contribution in [0.15, 0.2) is 23.0 Å². The molecule has 1 heterocycles. The lowest BCUT2D eigenvalue weighted by molar-refractivity contribution is -0.820. The third-order valence-corrected chi connectivity index (χ3v) is 3.41. The molecular formula is C15H24NO3+. The number of ether oxygens (including phenoxy) is 1. The highest BCUT2D eigenvalue weighted by atomic mass is 16.5. The lowest BCUT2D eigenvalue weighted by Gasteiger charge is -2.24. The van der Waals surface area contributed by atoms with E-state index in [1.165, 1.54) is 0 Å². The molecule has 1 rings (SSSR count). The van der Waals surface area contributed by atoms with E-state index in [0.717, 1.165) is 42.1 Å². The summed E-state index contributed by atoms with van der Waals surface area (Å²) in [6.07, 6.45) is 4.95. The maximum absolute atomic E-state index is 12.0. The minimum absolute atomic E-state index is 0.207. The molecule has 0 saturated heterocycles. The smallest absolute Gasteiger partial charge is 0.347 e.